The largest absolute Gasteiger partial charge is 0.303 e. The number of halogens is 2. The zero-order chi connectivity index (χ0) is 13.0. The lowest BCUT2D eigenvalue weighted by atomic mass is 9.93. The van der Waals surface area contributed by atoms with E-state index in [0.29, 0.717) is 11.4 Å². The maximum absolute atomic E-state index is 12.8. The van der Waals surface area contributed by atoms with Crippen LogP contribution < -0.4 is 0 Å². The van der Waals surface area contributed by atoms with E-state index >= 15 is 0 Å². The van der Waals surface area contributed by atoms with Gasteiger partial charge in [0.05, 0.1) is 0 Å². The zero-order valence-corrected chi connectivity index (χ0v) is 10.4. The van der Waals surface area contributed by atoms with Gasteiger partial charge < -0.3 is 4.79 Å². The van der Waals surface area contributed by atoms with E-state index in [-0.39, 0.29) is 11.7 Å². The summed E-state index contributed by atoms with van der Waals surface area (Å²) in [6.45, 7) is 0. The normalized spacial score (nSPS) is 12.1. The topological polar surface area (TPSA) is 17.1 Å². The fourth-order valence-electron chi connectivity index (χ4n) is 1.86. The fourth-order valence-corrected chi connectivity index (χ4v) is 2.07. The van der Waals surface area contributed by atoms with E-state index in [1.165, 1.54) is 12.1 Å². The Bertz CT molecular complexity index is 536. The van der Waals surface area contributed by atoms with Crippen molar-refractivity contribution in [2.75, 3.05) is 0 Å². The van der Waals surface area contributed by atoms with Crippen molar-refractivity contribution in [3.05, 3.63) is 70.5 Å². The van der Waals surface area contributed by atoms with E-state index in [1.807, 2.05) is 18.2 Å². The molecule has 0 saturated carbocycles. The number of carbonyl (C=O) groups excluding carboxylic acids is 1. The van der Waals surface area contributed by atoms with Crippen molar-refractivity contribution in [2.24, 2.45) is 0 Å². The van der Waals surface area contributed by atoms with E-state index in [2.05, 4.69) is 0 Å². The van der Waals surface area contributed by atoms with Crippen molar-refractivity contribution in [3.63, 3.8) is 0 Å². The Morgan fingerprint density at radius 2 is 1.78 bits per heavy atom. The molecule has 0 radical (unpaired) electrons. The number of rotatable bonds is 4. The molecule has 0 spiro atoms. The van der Waals surface area contributed by atoms with E-state index in [0.717, 1.165) is 17.4 Å². The molecule has 18 heavy (non-hydrogen) atoms. The molecule has 2 aromatic carbocycles. The van der Waals surface area contributed by atoms with Crippen LogP contribution in [-0.4, -0.2) is 6.29 Å². The lowest BCUT2D eigenvalue weighted by molar-refractivity contribution is -0.109. The van der Waals surface area contributed by atoms with Crippen LogP contribution in [0.3, 0.4) is 0 Å². The van der Waals surface area contributed by atoms with Crippen molar-refractivity contribution in [2.45, 2.75) is 12.3 Å². The van der Waals surface area contributed by atoms with Gasteiger partial charge in [-0.2, -0.15) is 0 Å². The van der Waals surface area contributed by atoms with Gasteiger partial charge in [0.2, 0.25) is 0 Å². The van der Waals surface area contributed by atoms with Crippen LogP contribution in [0, 0.1) is 5.82 Å². The molecule has 0 aliphatic carbocycles. The van der Waals surface area contributed by atoms with Gasteiger partial charge in [0.15, 0.2) is 0 Å². The van der Waals surface area contributed by atoms with E-state index in [9.17, 15) is 9.18 Å². The second-order valence-electron chi connectivity index (χ2n) is 4.09. The average Bonchev–Trinajstić information content (AvgIpc) is 2.39. The average molecular weight is 263 g/mol. The third-order valence-electron chi connectivity index (χ3n) is 2.86. The van der Waals surface area contributed by atoms with Gasteiger partial charge in [0.25, 0.3) is 0 Å². The van der Waals surface area contributed by atoms with Gasteiger partial charge in [-0.05, 0) is 35.7 Å². The van der Waals surface area contributed by atoms with Crippen molar-refractivity contribution in [3.8, 4) is 0 Å². The van der Waals surface area contributed by atoms with Crippen molar-refractivity contribution < 1.29 is 9.18 Å². The fraction of sp³-hybridized carbons (Fsp3) is 0.133. The highest BCUT2D eigenvalue weighted by molar-refractivity contribution is 6.31. The molecule has 1 nitrogen and oxygen atoms in total. The maximum atomic E-state index is 12.8. The molecule has 2 rings (SSSR count). The first-order valence-electron chi connectivity index (χ1n) is 5.65. The molecule has 0 fully saturated rings. The second kappa shape index (κ2) is 5.78. The Labute approximate surface area is 110 Å². The van der Waals surface area contributed by atoms with Gasteiger partial charge in [0.1, 0.15) is 12.1 Å². The molecule has 0 amide bonds. The molecule has 0 aliphatic heterocycles. The summed E-state index contributed by atoms with van der Waals surface area (Å²) in [7, 11) is 0. The van der Waals surface area contributed by atoms with Crippen LogP contribution in [0.1, 0.15) is 17.0 Å². The quantitative estimate of drug-likeness (QED) is 0.761. The van der Waals surface area contributed by atoms with Gasteiger partial charge in [-0.3, -0.25) is 0 Å². The number of hydrogen-bond acceptors (Lipinski definition) is 1. The van der Waals surface area contributed by atoms with Crippen LogP contribution in [0.25, 0.3) is 0 Å². The van der Waals surface area contributed by atoms with Crippen LogP contribution in [0.2, 0.25) is 5.02 Å². The van der Waals surface area contributed by atoms with Crippen molar-refractivity contribution in [1.82, 2.24) is 0 Å². The predicted molar refractivity (Wildman–Crippen MR) is 70.4 cm³/mol. The molecule has 0 aliphatic rings. The number of benzene rings is 2. The number of carbonyl (C=O) groups is 1. The Kier molecular flexibility index (Phi) is 4.11. The maximum Gasteiger partial charge on any atom is 0.127 e. The van der Waals surface area contributed by atoms with Crippen LogP contribution in [0.4, 0.5) is 4.39 Å². The Morgan fingerprint density at radius 1 is 1.11 bits per heavy atom. The molecular weight excluding hydrogens is 251 g/mol. The molecule has 0 saturated heterocycles. The van der Waals surface area contributed by atoms with Gasteiger partial charge in [0, 0.05) is 10.9 Å². The summed E-state index contributed by atoms with van der Waals surface area (Å²) in [6.07, 6.45) is 1.39. The first kappa shape index (κ1) is 12.8. The summed E-state index contributed by atoms with van der Waals surface area (Å²) >= 11 is 6.06. The van der Waals surface area contributed by atoms with Crippen LogP contribution in [0.15, 0.2) is 48.5 Å². The van der Waals surface area contributed by atoms with Crippen molar-refractivity contribution >= 4 is 17.9 Å². The summed E-state index contributed by atoms with van der Waals surface area (Å²) in [4.78, 5) is 11.2. The van der Waals surface area contributed by atoms with Gasteiger partial charge in [-0.1, -0.05) is 41.9 Å². The van der Waals surface area contributed by atoms with Crippen molar-refractivity contribution in [1.29, 1.82) is 0 Å². The minimum absolute atomic E-state index is 0.300. The third kappa shape index (κ3) is 2.96. The molecule has 0 N–H and O–H groups in total. The molecule has 2 aromatic rings. The number of hydrogen-bond donors (Lipinski definition) is 0. The lowest BCUT2D eigenvalue weighted by Crippen LogP contribution is -2.05. The highest BCUT2D eigenvalue weighted by Gasteiger charge is 2.13. The predicted octanol–water partition coefficient (Wildman–Crippen LogP) is 4.00. The van der Waals surface area contributed by atoms with Gasteiger partial charge >= 0.3 is 0 Å². The molecule has 0 aromatic heterocycles. The highest BCUT2D eigenvalue weighted by atomic mass is 35.5. The smallest absolute Gasteiger partial charge is 0.127 e. The standard InChI is InChI=1S/C15H12ClFO/c16-15-4-2-1-3-12(15)9-13(10-18)11-5-7-14(17)8-6-11/h1-8,10,13H,9H2. The Hall–Kier alpha value is -1.67. The second-order valence-corrected chi connectivity index (χ2v) is 4.50. The SMILES string of the molecule is O=CC(Cc1ccccc1Cl)c1ccc(F)cc1. The first-order chi connectivity index (χ1) is 8.70. The molecule has 92 valence electrons. The third-order valence-corrected chi connectivity index (χ3v) is 3.23. The molecule has 1 unspecified atom stereocenters. The Balaban J connectivity index is 2.22. The Morgan fingerprint density at radius 3 is 2.39 bits per heavy atom. The van der Waals surface area contributed by atoms with Crippen LogP contribution in [0.5, 0.6) is 0 Å². The molecule has 0 heterocycles. The molecule has 3 heteroatoms. The first-order valence-corrected chi connectivity index (χ1v) is 6.02. The van der Waals surface area contributed by atoms with E-state index in [4.69, 9.17) is 11.6 Å². The monoisotopic (exact) mass is 262 g/mol. The van der Waals surface area contributed by atoms with Gasteiger partial charge in [-0.25, -0.2) is 4.39 Å². The molecule has 0 bridgehead atoms. The van der Waals surface area contributed by atoms with E-state index in [1.54, 1.807) is 18.2 Å². The van der Waals surface area contributed by atoms with Crippen LogP contribution in [-0.2, 0) is 11.2 Å². The van der Waals surface area contributed by atoms with Crippen LogP contribution >= 0.6 is 11.6 Å². The zero-order valence-electron chi connectivity index (χ0n) is 9.64. The van der Waals surface area contributed by atoms with E-state index < -0.39 is 0 Å². The highest BCUT2D eigenvalue weighted by Crippen LogP contribution is 2.24. The molecule has 1 atom stereocenters. The number of aldehydes is 1. The summed E-state index contributed by atoms with van der Waals surface area (Å²) in [5.74, 6) is -0.605. The van der Waals surface area contributed by atoms with Gasteiger partial charge in [-0.15, -0.1) is 0 Å². The molecular formula is C15H12ClFO. The summed E-state index contributed by atoms with van der Waals surface area (Å²) in [6, 6.07) is 13.4. The summed E-state index contributed by atoms with van der Waals surface area (Å²) < 4.78 is 12.8. The summed E-state index contributed by atoms with van der Waals surface area (Å²) in [5, 5.41) is 0.645. The lowest BCUT2D eigenvalue weighted by Gasteiger charge is -2.11. The summed E-state index contributed by atoms with van der Waals surface area (Å²) in [5.41, 5.74) is 1.71. The minimum atomic E-state index is -0.304. The minimum Gasteiger partial charge on any atom is -0.303 e.